The van der Waals surface area contributed by atoms with Crippen molar-refractivity contribution in [3.63, 3.8) is 0 Å². The number of hydrogen-bond donors (Lipinski definition) is 1. The minimum atomic E-state index is 0.454. The van der Waals surface area contributed by atoms with Crippen LogP contribution < -0.4 is 5.32 Å². The monoisotopic (exact) mass is 281 g/mol. The van der Waals surface area contributed by atoms with Crippen LogP contribution in [0.4, 0.5) is 5.82 Å². The molecule has 3 aromatic rings. The Kier molecular flexibility index (Phi) is 3.28. The number of aromatic nitrogens is 5. The first-order chi connectivity index (χ1) is 10.2. The molecule has 21 heavy (non-hydrogen) atoms. The summed E-state index contributed by atoms with van der Waals surface area (Å²) >= 11 is 0. The maximum atomic E-state index is 9.07. The summed E-state index contributed by atoms with van der Waals surface area (Å²) in [6, 6.07) is 5.76. The van der Waals surface area contributed by atoms with Crippen LogP contribution in [-0.2, 0) is 13.6 Å². The normalized spacial score (nSPS) is 10.7. The molecule has 3 heterocycles. The molecule has 0 saturated carbocycles. The Labute approximate surface area is 121 Å². The maximum Gasteiger partial charge on any atom is 0.163 e. The van der Waals surface area contributed by atoms with E-state index in [0.717, 1.165) is 23.4 Å². The van der Waals surface area contributed by atoms with Crippen LogP contribution in [0.2, 0.25) is 0 Å². The Morgan fingerprint density at radius 3 is 3.00 bits per heavy atom. The van der Waals surface area contributed by atoms with E-state index in [1.807, 2.05) is 30.8 Å². The van der Waals surface area contributed by atoms with Crippen LogP contribution >= 0.6 is 0 Å². The average Bonchev–Trinajstić information content (AvgIpc) is 3.07. The highest BCUT2D eigenvalue weighted by Gasteiger charge is 2.12. The van der Waals surface area contributed by atoms with E-state index in [0.29, 0.717) is 18.1 Å². The van der Waals surface area contributed by atoms with Crippen LogP contribution in [-0.4, -0.2) is 30.9 Å². The molecule has 0 fully saturated rings. The first-order valence-corrected chi connectivity index (χ1v) is 6.70. The lowest BCUT2D eigenvalue weighted by Crippen LogP contribution is -2.09. The highest BCUT2D eigenvalue weighted by molar-refractivity contribution is 5.86. The molecule has 0 aliphatic rings. The van der Waals surface area contributed by atoms with Crippen LogP contribution in [0, 0.1) is 11.3 Å². The van der Waals surface area contributed by atoms with Crippen molar-refractivity contribution in [1.29, 1.82) is 5.26 Å². The van der Waals surface area contributed by atoms with E-state index in [9.17, 15) is 0 Å². The van der Waals surface area contributed by atoms with Gasteiger partial charge in [-0.05, 0) is 19.1 Å². The van der Waals surface area contributed by atoms with Crippen molar-refractivity contribution in [3.05, 3.63) is 36.0 Å². The summed E-state index contributed by atoms with van der Waals surface area (Å²) in [5, 5.41) is 17.4. The van der Waals surface area contributed by atoms with Crippen LogP contribution in [0.15, 0.2) is 24.5 Å². The number of fused-ring (bicyclic) bond motifs is 1. The lowest BCUT2D eigenvalue weighted by atomic mass is 10.3. The summed E-state index contributed by atoms with van der Waals surface area (Å²) < 4.78 is 3.55. The Morgan fingerprint density at radius 1 is 1.38 bits per heavy atom. The fourth-order valence-electron chi connectivity index (χ4n) is 2.25. The zero-order chi connectivity index (χ0) is 14.8. The van der Waals surface area contributed by atoms with Crippen molar-refractivity contribution in [3.8, 4) is 6.07 Å². The molecule has 0 saturated heterocycles. The molecule has 0 bridgehead atoms. The van der Waals surface area contributed by atoms with E-state index < -0.39 is 0 Å². The van der Waals surface area contributed by atoms with E-state index >= 15 is 0 Å². The van der Waals surface area contributed by atoms with Crippen molar-refractivity contribution in [2.45, 2.75) is 13.5 Å². The molecule has 0 aliphatic carbocycles. The van der Waals surface area contributed by atoms with Gasteiger partial charge < -0.3 is 9.88 Å². The standard InChI is InChI=1S/C14H15N7/c1-3-16-13-11-8-17-20(2)14(11)19-12(18-13)9-21-6-4-5-10(21)7-15/h4-6,8H,3,9H2,1-2H3,(H,16,18,19). The summed E-state index contributed by atoms with van der Waals surface area (Å²) in [6.07, 6.45) is 3.61. The maximum absolute atomic E-state index is 9.07. The zero-order valence-electron chi connectivity index (χ0n) is 11.9. The van der Waals surface area contributed by atoms with Gasteiger partial charge in [0.15, 0.2) is 11.5 Å². The van der Waals surface area contributed by atoms with Gasteiger partial charge >= 0.3 is 0 Å². The molecular weight excluding hydrogens is 266 g/mol. The second kappa shape index (κ2) is 5.25. The Morgan fingerprint density at radius 2 is 2.24 bits per heavy atom. The highest BCUT2D eigenvalue weighted by atomic mass is 15.3. The summed E-state index contributed by atoms with van der Waals surface area (Å²) in [5.41, 5.74) is 1.37. The summed E-state index contributed by atoms with van der Waals surface area (Å²) in [4.78, 5) is 9.10. The fourth-order valence-corrected chi connectivity index (χ4v) is 2.25. The molecule has 0 atom stereocenters. The van der Waals surface area contributed by atoms with E-state index in [1.165, 1.54) is 0 Å². The van der Waals surface area contributed by atoms with Gasteiger partial charge in [0.2, 0.25) is 0 Å². The lowest BCUT2D eigenvalue weighted by molar-refractivity contribution is 0.732. The first-order valence-electron chi connectivity index (χ1n) is 6.70. The van der Waals surface area contributed by atoms with Crippen molar-refractivity contribution in [1.82, 2.24) is 24.3 Å². The minimum absolute atomic E-state index is 0.454. The molecular formula is C14H15N7. The molecule has 106 valence electrons. The van der Waals surface area contributed by atoms with Crippen molar-refractivity contribution >= 4 is 16.9 Å². The van der Waals surface area contributed by atoms with Crippen LogP contribution in [0.3, 0.4) is 0 Å². The SMILES string of the molecule is CCNc1nc(Cn2cccc2C#N)nc2c1cnn2C. The molecule has 0 radical (unpaired) electrons. The molecule has 0 spiro atoms. The lowest BCUT2D eigenvalue weighted by Gasteiger charge is -2.08. The van der Waals surface area contributed by atoms with Gasteiger partial charge in [0, 0.05) is 19.8 Å². The molecule has 7 heteroatoms. The first kappa shape index (κ1) is 13.1. The second-order valence-corrected chi connectivity index (χ2v) is 4.66. The third-order valence-electron chi connectivity index (χ3n) is 3.24. The third-order valence-corrected chi connectivity index (χ3v) is 3.24. The fraction of sp³-hybridized carbons (Fsp3) is 0.286. The van der Waals surface area contributed by atoms with Gasteiger partial charge in [-0.1, -0.05) is 0 Å². The number of rotatable bonds is 4. The third kappa shape index (κ3) is 2.31. The molecule has 0 aliphatic heterocycles. The summed E-state index contributed by atoms with van der Waals surface area (Å²) in [7, 11) is 1.85. The topological polar surface area (TPSA) is 84.3 Å². The van der Waals surface area contributed by atoms with Gasteiger partial charge in [0.05, 0.1) is 18.1 Å². The number of nitriles is 1. The molecule has 3 rings (SSSR count). The average molecular weight is 281 g/mol. The number of nitrogens with zero attached hydrogens (tertiary/aromatic N) is 6. The molecule has 0 aromatic carbocycles. The molecule has 0 unspecified atom stereocenters. The summed E-state index contributed by atoms with van der Waals surface area (Å²) in [6.45, 7) is 3.24. The highest BCUT2D eigenvalue weighted by Crippen LogP contribution is 2.20. The number of aryl methyl sites for hydroxylation is 1. The molecule has 0 amide bonds. The van der Waals surface area contributed by atoms with Gasteiger partial charge in [-0.3, -0.25) is 4.68 Å². The van der Waals surface area contributed by atoms with E-state index in [4.69, 9.17) is 5.26 Å². The van der Waals surface area contributed by atoms with Gasteiger partial charge in [-0.2, -0.15) is 10.4 Å². The number of anilines is 1. The number of hydrogen-bond acceptors (Lipinski definition) is 5. The second-order valence-electron chi connectivity index (χ2n) is 4.66. The predicted octanol–water partition coefficient (Wildman–Crippen LogP) is 1.52. The smallest absolute Gasteiger partial charge is 0.163 e. The van der Waals surface area contributed by atoms with E-state index in [-0.39, 0.29) is 0 Å². The van der Waals surface area contributed by atoms with E-state index in [1.54, 1.807) is 16.9 Å². The Bertz CT molecular complexity index is 822. The minimum Gasteiger partial charge on any atom is -0.370 e. The largest absolute Gasteiger partial charge is 0.370 e. The van der Waals surface area contributed by atoms with Crippen molar-refractivity contribution < 1.29 is 0 Å². The predicted molar refractivity (Wildman–Crippen MR) is 78.7 cm³/mol. The Hall–Kier alpha value is -2.88. The Balaban J connectivity index is 2.06. The summed E-state index contributed by atoms with van der Waals surface area (Å²) in [5.74, 6) is 1.42. The van der Waals surface area contributed by atoms with Gasteiger partial charge in [-0.25, -0.2) is 9.97 Å². The number of nitrogens with one attached hydrogen (secondary N) is 1. The molecule has 7 nitrogen and oxygen atoms in total. The quantitative estimate of drug-likeness (QED) is 0.783. The van der Waals surface area contributed by atoms with Crippen molar-refractivity contribution in [2.75, 3.05) is 11.9 Å². The van der Waals surface area contributed by atoms with Gasteiger partial charge in [0.25, 0.3) is 0 Å². The van der Waals surface area contributed by atoms with Crippen LogP contribution in [0.25, 0.3) is 11.0 Å². The molecule has 3 aromatic heterocycles. The van der Waals surface area contributed by atoms with E-state index in [2.05, 4.69) is 26.5 Å². The van der Waals surface area contributed by atoms with Crippen LogP contribution in [0.5, 0.6) is 0 Å². The zero-order valence-corrected chi connectivity index (χ0v) is 11.9. The van der Waals surface area contributed by atoms with Gasteiger partial charge in [0.1, 0.15) is 17.6 Å². The van der Waals surface area contributed by atoms with Gasteiger partial charge in [-0.15, -0.1) is 0 Å². The van der Waals surface area contributed by atoms with Crippen molar-refractivity contribution in [2.24, 2.45) is 7.05 Å². The van der Waals surface area contributed by atoms with Crippen LogP contribution in [0.1, 0.15) is 18.4 Å². The molecule has 1 N–H and O–H groups in total.